The number of hydrogen-bond acceptors (Lipinski definition) is 4. The Morgan fingerprint density at radius 2 is 2.05 bits per heavy atom. The molecule has 1 amide bonds. The van der Waals surface area contributed by atoms with Crippen LogP contribution in [0.1, 0.15) is 16.1 Å². The number of aromatic hydroxyl groups is 1. The van der Waals surface area contributed by atoms with Gasteiger partial charge in [0.2, 0.25) is 0 Å². The van der Waals surface area contributed by atoms with E-state index >= 15 is 0 Å². The Kier molecular flexibility index (Phi) is 4.80. The van der Waals surface area contributed by atoms with Gasteiger partial charge >= 0.3 is 5.91 Å². The highest BCUT2D eigenvalue weighted by Crippen LogP contribution is 2.26. The SMILES string of the molecule is O=C(N/N=C\c1cc(I)c(O)c(I)c1)c1ccco1. The van der Waals surface area contributed by atoms with Crippen LogP contribution < -0.4 is 5.43 Å². The van der Waals surface area contributed by atoms with Gasteiger partial charge in [-0.05, 0) is 75.0 Å². The Hall–Kier alpha value is -1.10. The minimum absolute atomic E-state index is 0.201. The Bertz CT molecular complexity index is 601. The minimum atomic E-state index is -0.413. The molecule has 0 aliphatic heterocycles. The molecule has 1 heterocycles. The average Bonchev–Trinajstić information content (AvgIpc) is 2.89. The molecule has 0 bridgehead atoms. The number of nitrogens with one attached hydrogen (secondary N) is 1. The molecule has 2 N–H and O–H groups in total. The van der Waals surface area contributed by atoms with E-state index in [1.54, 1.807) is 24.3 Å². The predicted molar refractivity (Wildman–Crippen MR) is 87.3 cm³/mol. The molecule has 0 saturated heterocycles. The smallest absolute Gasteiger partial charge is 0.307 e. The summed E-state index contributed by atoms with van der Waals surface area (Å²) in [5.74, 6) is 0.0365. The third-order valence-electron chi connectivity index (χ3n) is 2.16. The molecule has 7 heteroatoms. The predicted octanol–water partition coefficient (Wildman–Crippen LogP) is 2.96. The number of carbonyl (C=O) groups excluding carboxylic acids is 1. The molecule has 1 aromatic carbocycles. The number of hydrogen-bond donors (Lipinski definition) is 2. The fourth-order valence-corrected chi connectivity index (χ4v) is 3.10. The van der Waals surface area contributed by atoms with E-state index in [2.05, 4.69) is 10.5 Å². The first kappa shape index (κ1) is 14.3. The van der Waals surface area contributed by atoms with Gasteiger partial charge in [-0.1, -0.05) is 0 Å². The van der Waals surface area contributed by atoms with Crippen LogP contribution >= 0.6 is 45.2 Å². The minimum Gasteiger partial charge on any atom is -0.506 e. The van der Waals surface area contributed by atoms with Crippen LogP contribution in [0.2, 0.25) is 0 Å². The van der Waals surface area contributed by atoms with Gasteiger partial charge in [-0.2, -0.15) is 5.10 Å². The largest absolute Gasteiger partial charge is 0.506 e. The molecule has 0 aliphatic carbocycles. The molecule has 0 spiro atoms. The van der Waals surface area contributed by atoms with Gasteiger partial charge in [0.1, 0.15) is 5.75 Å². The summed E-state index contributed by atoms with van der Waals surface area (Å²) in [5.41, 5.74) is 3.14. The van der Waals surface area contributed by atoms with Gasteiger partial charge in [-0.3, -0.25) is 4.79 Å². The molecule has 0 radical (unpaired) electrons. The van der Waals surface area contributed by atoms with Crippen molar-refractivity contribution in [2.45, 2.75) is 0 Å². The van der Waals surface area contributed by atoms with E-state index in [0.717, 1.165) is 12.7 Å². The highest BCUT2D eigenvalue weighted by Gasteiger charge is 2.07. The number of furan rings is 1. The van der Waals surface area contributed by atoms with Crippen molar-refractivity contribution in [1.82, 2.24) is 5.43 Å². The van der Waals surface area contributed by atoms with Crippen molar-refractivity contribution in [3.8, 4) is 5.75 Å². The lowest BCUT2D eigenvalue weighted by Gasteiger charge is -2.02. The molecular formula is C12H8I2N2O3. The summed E-state index contributed by atoms with van der Waals surface area (Å²) in [6.07, 6.45) is 2.92. The fraction of sp³-hybridized carbons (Fsp3) is 0. The molecule has 1 aromatic heterocycles. The van der Waals surface area contributed by atoms with Gasteiger partial charge < -0.3 is 9.52 Å². The first-order valence-corrected chi connectivity index (χ1v) is 7.28. The van der Waals surface area contributed by atoms with Crippen molar-refractivity contribution in [2.75, 3.05) is 0 Å². The Balaban J connectivity index is 2.05. The van der Waals surface area contributed by atoms with E-state index in [0.29, 0.717) is 0 Å². The average molecular weight is 482 g/mol. The van der Waals surface area contributed by atoms with E-state index in [9.17, 15) is 9.90 Å². The lowest BCUT2D eigenvalue weighted by atomic mass is 10.2. The second kappa shape index (κ2) is 6.37. The number of amides is 1. The van der Waals surface area contributed by atoms with E-state index in [1.165, 1.54) is 12.5 Å². The van der Waals surface area contributed by atoms with E-state index in [1.807, 2.05) is 45.2 Å². The van der Waals surface area contributed by atoms with Crippen LogP contribution in [0.25, 0.3) is 0 Å². The number of hydrazone groups is 1. The Labute approximate surface area is 136 Å². The first-order chi connectivity index (χ1) is 9.08. The lowest BCUT2D eigenvalue weighted by Crippen LogP contribution is -2.16. The highest BCUT2D eigenvalue weighted by atomic mass is 127. The Morgan fingerprint density at radius 1 is 1.37 bits per heavy atom. The van der Waals surface area contributed by atoms with E-state index < -0.39 is 5.91 Å². The standard InChI is InChI=1S/C12H8I2N2O3/c13-8-4-7(5-9(14)11(8)17)6-15-16-12(18)10-2-1-3-19-10/h1-6,17H,(H,16,18)/b15-6-. The van der Waals surface area contributed by atoms with Gasteiger partial charge in [0.05, 0.1) is 19.6 Å². The zero-order chi connectivity index (χ0) is 13.8. The summed E-state index contributed by atoms with van der Waals surface area (Å²) >= 11 is 4.06. The molecule has 0 atom stereocenters. The molecule has 2 rings (SSSR count). The number of nitrogens with zero attached hydrogens (tertiary/aromatic N) is 1. The van der Waals surface area contributed by atoms with Crippen molar-refractivity contribution in [3.63, 3.8) is 0 Å². The number of halogens is 2. The van der Waals surface area contributed by atoms with Gasteiger partial charge in [0.15, 0.2) is 5.76 Å². The number of rotatable bonds is 3. The second-order valence-corrected chi connectivity index (χ2v) is 5.83. The maximum Gasteiger partial charge on any atom is 0.307 e. The van der Waals surface area contributed by atoms with Gasteiger partial charge in [-0.15, -0.1) is 0 Å². The van der Waals surface area contributed by atoms with Crippen molar-refractivity contribution < 1.29 is 14.3 Å². The van der Waals surface area contributed by atoms with Gasteiger partial charge in [0.25, 0.3) is 0 Å². The summed E-state index contributed by atoms with van der Waals surface area (Å²) in [5, 5.41) is 13.5. The first-order valence-electron chi connectivity index (χ1n) is 5.13. The van der Waals surface area contributed by atoms with E-state index in [4.69, 9.17) is 4.42 Å². The number of phenolic OH excluding ortho intramolecular Hbond substituents is 1. The molecule has 2 aromatic rings. The molecule has 0 fully saturated rings. The van der Waals surface area contributed by atoms with Crippen molar-refractivity contribution in [1.29, 1.82) is 0 Å². The molecule has 0 saturated carbocycles. The Morgan fingerprint density at radius 3 is 2.63 bits per heavy atom. The van der Waals surface area contributed by atoms with Crippen LogP contribution in [-0.4, -0.2) is 17.2 Å². The summed E-state index contributed by atoms with van der Waals surface area (Å²) in [6.45, 7) is 0. The van der Waals surface area contributed by atoms with Crippen LogP contribution in [0.15, 0.2) is 40.0 Å². The second-order valence-electron chi connectivity index (χ2n) is 3.51. The van der Waals surface area contributed by atoms with Crippen LogP contribution in [0, 0.1) is 7.14 Å². The summed E-state index contributed by atoms with van der Waals surface area (Å²) in [6, 6.07) is 6.71. The maximum atomic E-state index is 11.5. The van der Waals surface area contributed by atoms with Crippen molar-refractivity contribution in [2.24, 2.45) is 5.10 Å². The third-order valence-corrected chi connectivity index (χ3v) is 3.81. The van der Waals surface area contributed by atoms with Gasteiger partial charge in [0, 0.05) is 0 Å². The topological polar surface area (TPSA) is 74.8 Å². The normalized spacial score (nSPS) is 10.8. The molecule has 98 valence electrons. The number of carbonyl (C=O) groups is 1. The molecule has 0 unspecified atom stereocenters. The quantitative estimate of drug-likeness (QED) is 0.402. The summed E-state index contributed by atoms with van der Waals surface area (Å²) < 4.78 is 6.38. The summed E-state index contributed by atoms with van der Waals surface area (Å²) in [7, 11) is 0. The molecule has 5 nitrogen and oxygen atoms in total. The third kappa shape index (κ3) is 3.69. The molecular weight excluding hydrogens is 474 g/mol. The number of benzene rings is 1. The molecule has 0 aliphatic rings. The highest BCUT2D eigenvalue weighted by molar-refractivity contribution is 14.1. The number of phenols is 1. The van der Waals surface area contributed by atoms with Crippen molar-refractivity contribution >= 4 is 57.3 Å². The zero-order valence-corrected chi connectivity index (χ0v) is 13.7. The van der Waals surface area contributed by atoms with Crippen molar-refractivity contribution in [3.05, 3.63) is 49.0 Å². The zero-order valence-electron chi connectivity index (χ0n) is 9.43. The van der Waals surface area contributed by atoms with Crippen LogP contribution in [0.5, 0.6) is 5.75 Å². The van der Waals surface area contributed by atoms with Crippen LogP contribution in [-0.2, 0) is 0 Å². The van der Waals surface area contributed by atoms with E-state index in [-0.39, 0.29) is 11.5 Å². The monoisotopic (exact) mass is 482 g/mol. The maximum absolute atomic E-state index is 11.5. The van der Waals surface area contributed by atoms with Crippen LogP contribution in [0.3, 0.4) is 0 Å². The van der Waals surface area contributed by atoms with Crippen LogP contribution in [0.4, 0.5) is 0 Å². The molecule has 19 heavy (non-hydrogen) atoms. The van der Waals surface area contributed by atoms with Gasteiger partial charge in [-0.25, -0.2) is 5.43 Å². The lowest BCUT2D eigenvalue weighted by molar-refractivity contribution is 0.0927. The summed E-state index contributed by atoms with van der Waals surface area (Å²) in [4.78, 5) is 11.5. The fourth-order valence-electron chi connectivity index (χ4n) is 1.29.